The SMILES string of the molecule is COC(=O)C1CC(Oc2ccccc2F)CN1C(=O)c1ccccc1Cl. The van der Waals surface area contributed by atoms with Gasteiger partial charge in [-0.15, -0.1) is 0 Å². The minimum Gasteiger partial charge on any atom is -0.485 e. The van der Waals surface area contributed by atoms with Crippen molar-refractivity contribution in [2.24, 2.45) is 0 Å². The van der Waals surface area contributed by atoms with E-state index >= 15 is 0 Å². The van der Waals surface area contributed by atoms with Crippen LogP contribution in [0.1, 0.15) is 16.8 Å². The molecule has 0 saturated carbocycles. The molecule has 3 rings (SSSR count). The fourth-order valence-electron chi connectivity index (χ4n) is 2.98. The third-order valence-corrected chi connectivity index (χ3v) is 4.56. The number of carbonyl (C=O) groups excluding carboxylic acids is 2. The van der Waals surface area contributed by atoms with Gasteiger partial charge in [0.05, 0.1) is 24.2 Å². The molecule has 2 unspecified atom stereocenters. The highest BCUT2D eigenvalue weighted by Gasteiger charge is 2.42. The van der Waals surface area contributed by atoms with Crippen molar-refractivity contribution in [1.29, 1.82) is 0 Å². The normalized spacial score (nSPS) is 19.3. The Bertz CT molecular complexity index is 829. The quantitative estimate of drug-likeness (QED) is 0.767. The van der Waals surface area contributed by atoms with E-state index in [-0.39, 0.29) is 24.3 Å². The number of hydrogen-bond donors (Lipinski definition) is 0. The van der Waals surface area contributed by atoms with E-state index < -0.39 is 29.8 Å². The van der Waals surface area contributed by atoms with Gasteiger partial charge in [0.15, 0.2) is 11.6 Å². The maximum absolute atomic E-state index is 13.8. The highest BCUT2D eigenvalue weighted by atomic mass is 35.5. The van der Waals surface area contributed by atoms with Gasteiger partial charge < -0.3 is 14.4 Å². The Morgan fingerprint density at radius 1 is 1.15 bits per heavy atom. The van der Waals surface area contributed by atoms with Crippen LogP contribution in [0.15, 0.2) is 48.5 Å². The van der Waals surface area contributed by atoms with Crippen molar-refractivity contribution in [3.63, 3.8) is 0 Å². The van der Waals surface area contributed by atoms with Crippen LogP contribution in [0.3, 0.4) is 0 Å². The molecule has 2 aromatic rings. The lowest BCUT2D eigenvalue weighted by Crippen LogP contribution is -2.41. The highest BCUT2D eigenvalue weighted by Crippen LogP contribution is 2.28. The lowest BCUT2D eigenvalue weighted by atomic mass is 10.1. The summed E-state index contributed by atoms with van der Waals surface area (Å²) in [5.41, 5.74) is 0.287. The van der Waals surface area contributed by atoms with Gasteiger partial charge in [0.2, 0.25) is 0 Å². The molecule has 0 spiro atoms. The third kappa shape index (κ3) is 3.65. The highest BCUT2D eigenvalue weighted by molar-refractivity contribution is 6.33. The van der Waals surface area contributed by atoms with Crippen LogP contribution in [0.25, 0.3) is 0 Å². The fourth-order valence-corrected chi connectivity index (χ4v) is 3.19. The third-order valence-electron chi connectivity index (χ3n) is 4.23. The van der Waals surface area contributed by atoms with Crippen LogP contribution in [0, 0.1) is 5.82 Å². The average Bonchev–Trinajstić information content (AvgIpc) is 3.07. The molecule has 1 heterocycles. The van der Waals surface area contributed by atoms with Gasteiger partial charge in [-0.05, 0) is 24.3 Å². The van der Waals surface area contributed by atoms with Crippen molar-refractivity contribution in [2.75, 3.05) is 13.7 Å². The summed E-state index contributed by atoms with van der Waals surface area (Å²) in [4.78, 5) is 26.4. The van der Waals surface area contributed by atoms with Gasteiger partial charge in [-0.3, -0.25) is 4.79 Å². The average molecular weight is 378 g/mol. The molecule has 0 N–H and O–H groups in total. The predicted octanol–water partition coefficient (Wildman–Crippen LogP) is 3.31. The number of likely N-dealkylation sites (tertiary alicyclic amines) is 1. The number of hydrogen-bond acceptors (Lipinski definition) is 4. The van der Waals surface area contributed by atoms with Crippen molar-refractivity contribution in [1.82, 2.24) is 4.90 Å². The van der Waals surface area contributed by atoms with E-state index in [4.69, 9.17) is 21.1 Å². The number of esters is 1. The number of amides is 1. The number of carbonyl (C=O) groups is 2. The summed E-state index contributed by atoms with van der Waals surface area (Å²) in [6.07, 6.45) is -0.334. The maximum Gasteiger partial charge on any atom is 0.328 e. The largest absolute Gasteiger partial charge is 0.485 e. The van der Waals surface area contributed by atoms with E-state index in [0.29, 0.717) is 5.02 Å². The number of nitrogens with zero attached hydrogens (tertiary/aromatic N) is 1. The fraction of sp³-hybridized carbons (Fsp3) is 0.263. The second-order valence-electron chi connectivity index (χ2n) is 5.88. The summed E-state index contributed by atoms with van der Waals surface area (Å²) in [7, 11) is 1.26. The minimum atomic E-state index is -0.819. The molecule has 1 amide bonds. The molecule has 5 nitrogen and oxygen atoms in total. The van der Waals surface area contributed by atoms with Crippen molar-refractivity contribution >= 4 is 23.5 Å². The Morgan fingerprint density at radius 2 is 1.85 bits per heavy atom. The van der Waals surface area contributed by atoms with Crippen LogP contribution in [0.4, 0.5) is 4.39 Å². The molecule has 0 radical (unpaired) electrons. The number of benzene rings is 2. The van der Waals surface area contributed by atoms with E-state index in [2.05, 4.69) is 0 Å². The Balaban J connectivity index is 1.83. The Labute approximate surface area is 155 Å². The molecule has 0 aromatic heterocycles. The van der Waals surface area contributed by atoms with Gasteiger partial charge in [0, 0.05) is 6.42 Å². The molecule has 1 aliphatic heterocycles. The van der Waals surface area contributed by atoms with Crippen LogP contribution in [-0.2, 0) is 9.53 Å². The molecule has 2 aromatic carbocycles. The standard InChI is InChI=1S/C19H17ClFNO4/c1-25-19(24)16-10-12(26-17-9-5-4-8-15(17)21)11-22(16)18(23)13-6-2-3-7-14(13)20/h2-9,12,16H,10-11H2,1H3. The molecule has 136 valence electrons. The molecular weight excluding hydrogens is 361 g/mol. The van der Waals surface area contributed by atoms with Gasteiger partial charge in [0.1, 0.15) is 12.1 Å². The van der Waals surface area contributed by atoms with Gasteiger partial charge in [-0.25, -0.2) is 9.18 Å². The first kappa shape index (κ1) is 18.2. The van der Waals surface area contributed by atoms with Crippen LogP contribution in [-0.4, -0.2) is 42.6 Å². The molecule has 1 aliphatic rings. The smallest absolute Gasteiger partial charge is 0.328 e. The van der Waals surface area contributed by atoms with Crippen LogP contribution in [0.5, 0.6) is 5.75 Å². The molecular formula is C19H17ClFNO4. The number of ether oxygens (including phenoxy) is 2. The Kier molecular flexibility index (Phi) is 5.42. The first-order chi connectivity index (χ1) is 12.5. The number of halogens is 2. The maximum atomic E-state index is 13.8. The van der Waals surface area contributed by atoms with E-state index in [0.717, 1.165) is 0 Å². The van der Waals surface area contributed by atoms with Crippen molar-refractivity contribution < 1.29 is 23.5 Å². The van der Waals surface area contributed by atoms with Gasteiger partial charge in [-0.1, -0.05) is 35.9 Å². The lowest BCUT2D eigenvalue weighted by molar-refractivity contribution is -0.145. The summed E-state index contributed by atoms with van der Waals surface area (Å²) in [5.74, 6) is -1.37. The summed E-state index contributed by atoms with van der Waals surface area (Å²) in [6.45, 7) is 0.123. The number of rotatable bonds is 4. The van der Waals surface area contributed by atoms with E-state index in [1.165, 1.54) is 24.1 Å². The predicted molar refractivity (Wildman–Crippen MR) is 93.7 cm³/mol. The first-order valence-corrected chi connectivity index (χ1v) is 8.43. The first-order valence-electron chi connectivity index (χ1n) is 8.05. The summed E-state index contributed by atoms with van der Waals surface area (Å²) >= 11 is 6.10. The number of methoxy groups -OCH3 is 1. The molecule has 0 aliphatic carbocycles. The minimum absolute atomic E-state index is 0.0770. The topological polar surface area (TPSA) is 55.8 Å². The van der Waals surface area contributed by atoms with Crippen molar-refractivity contribution in [2.45, 2.75) is 18.6 Å². The van der Waals surface area contributed by atoms with Crippen LogP contribution >= 0.6 is 11.6 Å². The van der Waals surface area contributed by atoms with Crippen LogP contribution < -0.4 is 4.74 Å². The zero-order valence-corrected chi connectivity index (χ0v) is 14.8. The second kappa shape index (κ2) is 7.74. The van der Waals surface area contributed by atoms with Gasteiger partial charge in [0.25, 0.3) is 5.91 Å². The lowest BCUT2D eigenvalue weighted by Gasteiger charge is -2.22. The summed E-state index contributed by atoms with van der Waals surface area (Å²) < 4.78 is 24.3. The zero-order valence-electron chi connectivity index (χ0n) is 14.0. The molecule has 7 heteroatoms. The van der Waals surface area contributed by atoms with Gasteiger partial charge >= 0.3 is 5.97 Å². The molecule has 26 heavy (non-hydrogen) atoms. The zero-order chi connectivity index (χ0) is 18.7. The van der Waals surface area contributed by atoms with E-state index in [1.54, 1.807) is 36.4 Å². The molecule has 0 bridgehead atoms. The van der Waals surface area contributed by atoms with Crippen molar-refractivity contribution in [3.8, 4) is 5.75 Å². The van der Waals surface area contributed by atoms with E-state index in [9.17, 15) is 14.0 Å². The number of para-hydroxylation sites is 1. The Hall–Kier alpha value is -2.60. The van der Waals surface area contributed by atoms with E-state index in [1.807, 2.05) is 0 Å². The van der Waals surface area contributed by atoms with Gasteiger partial charge in [-0.2, -0.15) is 0 Å². The Morgan fingerprint density at radius 3 is 2.54 bits per heavy atom. The molecule has 1 fully saturated rings. The second-order valence-corrected chi connectivity index (χ2v) is 6.29. The van der Waals surface area contributed by atoms with Crippen LogP contribution in [0.2, 0.25) is 5.02 Å². The molecule has 2 atom stereocenters. The summed E-state index contributed by atoms with van der Waals surface area (Å²) in [6, 6.07) is 11.8. The summed E-state index contributed by atoms with van der Waals surface area (Å²) in [5, 5.41) is 0.291. The molecule has 1 saturated heterocycles. The van der Waals surface area contributed by atoms with Crippen molar-refractivity contribution in [3.05, 3.63) is 64.9 Å². The monoisotopic (exact) mass is 377 g/mol.